The Morgan fingerprint density at radius 3 is 2.78 bits per heavy atom. The predicted octanol–water partition coefficient (Wildman–Crippen LogP) is 1.30. The number of aryl methyl sites for hydroxylation is 1. The molecule has 2 heterocycles. The van der Waals surface area contributed by atoms with Crippen LogP contribution in [-0.2, 0) is 0 Å². The molecule has 0 unspecified atom stereocenters. The smallest absolute Gasteiger partial charge is 0.273 e. The number of amides is 1. The highest BCUT2D eigenvalue weighted by Crippen LogP contribution is 2.31. The molecule has 5 nitrogen and oxygen atoms in total. The number of β-amino-alcohol motifs (C(OH)–C–C–N with tert-alkyl or cyclic N) is 1. The van der Waals surface area contributed by atoms with Gasteiger partial charge in [-0.15, -0.1) is 0 Å². The number of carbonyl (C=O) groups is 1. The van der Waals surface area contributed by atoms with Crippen molar-refractivity contribution in [2.75, 3.05) is 20.2 Å². The number of hydrogen-bond donors (Lipinski definition) is 1. The predicted molar refractivity (Wildman–Crippen MR) is 69.1 cm³/mol. The first-order valence-corrected chi connectivity index (χ1v) is 6.70. The van der Waals surface area contributed by atoms with Gasteiger partial charge in [0, 0.05) is 19.0 Å². The number of nitrogens with zero attached hydrogens (tertiary/aromatic N) is 2. The van der Waals surface area contributed by atoms with Gasteiger partial charge in [-0.1, -0.05) is 18.3 Å². The van der Waals surface area contributed by atoms with Crippen molar-refractivity contribution in [2.45, 2.75) is 26.4 Å². The van der Waals surface area contributed by atoms with Crippen LogP contribution in [0.2, 0.25) is 0 Å². The third-order valence-corrected chi connectivity index (χ3v) is 4.61. The first-order chi connectivity index (χ1) is 8.35. The molecule has 1 amide bonds. The Morgan fingerprint density at radius 2 is 2.33 bits per heavy atom. The number of methoxy groups -OCH3 is 1. The Kier molecular flexibility index (Phi) is 3.33. The highest BCUT2D eigenvalue weighted by atomic mass is 32.1. The minimum absolute atomic E-state index is 0.0714. The fourth-order valence-corrected chi connectivity index (χ4v) is 2.94. The van der Waals surface area contributed by atoms with Crippen molar-refractivity contribution in [3.8, 4) is 5.19 Å². The first kappa shape index (κ1) is 13.3. The molecule has 2 rings (SSSR count). The number of hydrogen-bond acceptors (Lipinski definition) is 5. The minimum atomic E-state index is -0.807. The number of ether oxygens (including phenoxy) is 1. The summed E-state index contributed by atoms with van der Waals surface area (Å²) in [5.41, 5.74) is -0.126. The van der Waals surface area contributed by atoms with E-state index in [1.54, 1.807) is 18.7 Å². The van der Waals surface area contributed by atoms with Crippen LogP contribution >= 0.6 is 11.3 Å². The Hall–Kier alpha value is -1.14. The Labute approximate surface area is 110 Å². The van der Waals surface area contributed by atoms with E-state index in [0.717, 1.165) is 0 Å². The van der Waals surface area contributed by atoms with Crippen LogP contribution in [0, 0.1) is 12.8 Å². The lowest BCUT2D eigenvalue weighted by atomic mass is 9.95. The van der Waals surface area contributed by atoms with Gasteiger partial charge in [0.25, 0.3) is 11.1 Å². The van der Waals surface area contributed by atoms with Gasteiger partial charge in [-0.25, -0.2) is 4.98 Å². The second-order valence-electron chi connectivity index (χ2n) is 5.04. The summed E-state index contributed by atoms with van der Waals surface area (Å²) in [6.45, 7) is 6.46. The molecular formula is C12H18N2O3S. The Bertz CT molecular complexity index is 470. The molecule has 1 aromatic rings. The molecule has 100 valence electrons. The van der Waals surface area contributed by atoms with Crippen molar-refractivity contribution in [1.29, 1.82) is 0 Å². The summed E-state index contributed by atoms with van der Waals surface area (Å²) in [5.74, 6) is 0.00879. The van der Waals surface area contributed by atoms with E-state index in [-0.39, 0.29) is 11.8 Å². The fourth-order valence-electron chi connectivity index (χ4n) is 2.09. The van der Waals surface area contributed by atoms with E-state index in [1.807, 2.05) is 6.92 Å². The van der Waals surface area contributed by atoms with Gasteiger partial charge in [-0.3, -0.25) is 4.79 Å². The number of aromatic nitrogens is 1. The molecule has 6 heteroatoms. The second kappa shape index (κ2) is 4.51. The largest absolute Gasteiger partial charge is 0.473 e. The normalized spacial score (nSPS) is 27.6. The number of carbonyl (C=O) groups excluding carboxylic acids is 1. The molecule has 1 aliphatic rings. The molecule has 0 aliphatic carbocycles. The topological polar surface area (TPSA) is 62.7 Å². The SMILES string of the molecule is COc1nc(C)c(C(=O)N2C[C@@H](C)[C@@](C)(O)C2)s1. The van der Waals surface area contributed by atoms with Crippen LogP contribution in [0.4, 0.5) is 0 Å². The third-order valence-electron chi connectivity index (χ3n) is 3.50. The lowest BCUT2D eigenvalue weighted by Crippen LogP contribution is -2.35. The molecule has 1 saturated heterocycles. The van der Waals surface area contributed by atoms with Crippen LogP contribution in [-0.4, -0.2) is 46.7 Å². The van der Waals surface area contributed by atoms with E-state index in [1.165, 1.54) is 18.4 Å². The van der Waals surface area contributed by atoms with Crippen molar-refractivity contribution < 1.29 is 14.6 Å². The highest BCUT2D eigenvalue weighted by Gasteiger charge is 2.41. The number of rotatable bonds is 2. The summed E-state index contributed by atoms with van der Waals surface area (Å²) in [6, 6.07) is 0. The van der Waals surface area contributed by atoms with Gasteiger partial charge in [0.15, 0.2) is 0 Å². The average Bonchev–Trinajstić information content (AvgIpc) is 2.79. The maximum absolute atomic E-state index is 12.4. The minimum Gasteiger partial charge on any atom is -0.473 e. The summed E-state index contributed by atoms with van der Waals surface area (Å²) in [7, 11) is 1.54. The van der Waals surface area contributed by atoms with Gasteiger partial charge < -0.3 is 14.7 Å². The summed E-state index contributed by atoms with van der Waals surface area (Å²) in [5, 5.41) is 10.6. The van der Waals surface area contributed by atoms with Gasteiger partial charge in [0.2, 0.25) is 0 Å². The zero-order chi connectivity index (χ0) is 13.5. The van der Waals surface area contributed by atoms with Crippen molar-refractivity contribution in [3.63, 3.8) is 0 Å². The van der Waals surface area contributed by atoms with E-state index in [0.29, 0.717) is 28.9 Å². The van der Waals surface area contributed by atoms with E-state index in [2.05, 4.69) is 4.98 Å². The molecule has 1 aliphatic heterocycles. The van der Waals surface area contributed by atoms with Crippen LogP contribution < -0.4 is 4.74 Å². The van der Waals surface area contributed by atoms with Crippen LogP contribution in [0.25, 0.3) is 0 Å². The third kappa shape index (κ3) is 2.22. The average molecular weight is 270 g/mol. The maximum Gasteiger partial charge on any atom is 0.273 e. The number of likely N-dealkylation sites (tertiary alicyclic amines) is 1. The van der Waals surface area contributed by atoms with Crippen LogP contribution in [0.3, 0.4) is 0 Å². The number of aliphatic hydroxyl groups is 1. The molecule has 0 aromatic carbocycles. The van der Waals surface area contributed by atoms with Crippen LogP contribution in [0.5, 0.6) is 5.19 Å². The van der Waals surface area contributed by atoms with Gasteiger partial charge in [-0.05, 0) is 13.8 Å². The van der Waals surface area contributed by atoms with Gasteiger partial charge in [0.1, 0.15) is 4.88 Å². The quantitative estimate of drug-likeness (QED) is 0.880. The Balaban J connectivity index is 2.20. The van der Waals surface area contributed by atoms with Crippen molar-refractivity contribution in [3.05, 3.63) is 10.6 Å². The molecule has 18 heavy (non-hydrogen) atoms. The van der Waals surface area contributed by atoms with Crippen molar-refractivity contribution in [2.24, 2.45) is 5.92 Å². The van der Waals surface area contributed by atoms with E-state index in [4.69, 9.17) is 4.74 Å². The summed E-state index contributed by atoms with van der Waals surface area (Å²) in [6.07, 6.45) is 0. The number of thiazole rings is 1. The summed E-state index contributed by atoms with van der Waals surface area (Å²) < 4.78 is 5.04. The van der Waals surface area contributed by atoms with Gasteiger partial charge in [0.05, 0.1) is 18.4 Å². The van der Waals surface area contributed by atoms with Crippen LogP contribution in [0.1, 0.15) is 29.2 Å². The maximum atomic E-state index is 12.4. The second-order valence-corrected chi connectivity index (χ2v) is 6.00. The molecule has 1 fully saturated rings. The van der Waals surface area contributed by atoms with Crippen molar-refractivity contribution in [1.82, 2.24) is 9.88 Å². The van der Waals surface area contributed by atoms with Gasteiger partial charge >= 0.3 is 0 Å². The molecule has 0 radical (unpaired) electrons. The molecular weight excluding hydrogens is 252 g/mol. The van der Waals surface area contributed by atoms with E-state index < -0.39 is 5.60 Å². The monoisotopic (exact) mass is 270 g/mol. The van der Waals surface area contributed by atoms with E-state index >= 15 is 0 Å². The highest BCUT2D eigenvalue weighted by molar-refractivity contribution is 7.15. The standard InChI is InChI=1S/C12H18N2O3S/c1-7-5-14(6-12(7,3)16)10(15)9-8(2)13-11(17-4)18-9/h7,16H,5-6H2,1-4H3/t7-,12+/m1/s1. The molecule has 0 saturated carbocycles. The lowest BCUT2D eigenvalue weighted by Gasteiger charge is -2.20. The zero-order valence-corrected chi connectivity index (χ0v) is 11.9. The lowest BCUT2D eigenvalue weighted by molar-refractivity contribution is 0.0352. The first-order valence-electron chi connectivity index (χ1n) is 5.88. The van der Waals surface area contributed by atoms with Crippen LogP contribution in [0.15, 0.2) is 0 Å². The van der Waals surface area contributed by atoms with Gasteiger partial charge in [-0.2, -0.15) is 0 Å². The fraction of sp³-hybridized carbons (Fsp3) is 0.667. The molecule has 0 bridgehead atoms. The summed E-state index contributed by atoms with van der Waals surface area (Å²) >= 11 is 1.25. The molecule has 2 atom stereocenters. The zero-order valence-electron chi connectivity index (χ0n) is 11.1. The Morgan fingerprint density at radius 1 is 1.67 bits per heavy atom. The van der Waals surface area contributed by atoms with E-state index in [9.17, 15) is 9.90 Å². The molecule has 1 aromatic heterocycles. The summed E-state index contributed by atoms with van der Waals surface area (Å²) in [4.78, 5) is 18.8. The molecule has 0 spiro atoms. The van der Waals surface area contributed by atoms with Crippen molar-refractivity contribution >= 4 is 17.2 Å². The molecule has 1 N–H and O–H groups in total.